The summed E-state index contributed by atoms with van der Waals surface area (Å²) < 4.78 is 26.8. The van der Waals surface area contributed by atoms with E-state index in [1.807, 2.05) is 32.0 Å². The van der Waals surface area contributed by atoms with Crippen LogP contribution in [0.15, 0.2) is 46.5 Å². The molecule has 1 aromatic heterocycles. The van der Waals surface area contributed by atoms with Gasteiger partial charge in [0.05, 0.1) is 10.8 Å². The molecule has 7 heteroatoms. The second-order valence-electron chi connectivity index (χ2n) is 6.83. The standard InChI is InChI=1S/C20H24N2O3S2/c1-15-6-7-16(2)18(12-15)19(23)14-26-20-9-8-17(13-21-20)27(24,25)22-10-4-3-5-11-22/h6-9,12-13H,3-5,10-11,14H2,1-2H3. The molecule has 0 saturated carbocycles. The van der Waals surface area contributed by atoms with Crippen molar-refractivity contribution in [3.05, 3.63) is 53.2 Å². The molecule has 3 rings (SSSR count). The van der Waals surface area contributed by atoms with Gasteiger partial charge in [0.2, 0.25) is 10.0 Å². The van der Waals surface area contributed by atoms with Crippen molar-refractivity contribution in [1.29, 1.82) is 0 Å². The van der Waals surface area contributed by atoms with Crippen molar-refractivity contribution >= 4 is 27.6 Å². The lowest BCUT2D eigenvalue weighted by atomic mass is 10.0. The third-order valence-electron chi connectivity index (χ3n) is 4.71. The third kappa shape index (κ3) is 4.78. The van der Waals surface area contributed by atoms with Crippen LogP contribution < -0.4 is 0 Å². The Morgan fingerprint density at radius 1 is 1.11 bits per heavy atom. The highest BCUT2D eigenvalue weighted by molar-refractivity contribution is 7.99. The maximum atomic E-state index is 12.6. The van der Waals surface area contributed by atoms with Crippen molar-refractivity contribution in [3.63, 3.8) is 0 Å². The van der Waals surface area contributed by atoms with Gasteiger partial charge < -0.3 is 0 Å². The van der Waals surface area contributed by atoms with Crippen molar-refractivity contribution < 1.29 is 13.2 Å². The number of piperidine rings is 1. The molecule has 0 aliphatic carbocycles. The molecular formula is C20H24N2O3S2. The molecule has 5 nitrogen and oxygen atoms in total. The summed E-state index contributed by atoms with van der Waals surface area (Å²) >= 11 is 1.32. The Bertz CT molecular complexity index is 919. The van der Waals surface area contributed by atoms with Gasteiger partial charge in [-0.25, -0.2) is 13.4 Å². The predicted molar refractivity (Wildman–Crippen MR) is 108 cm³/mol. The summed E-state index contributed by atoms with van der Waals surface area (Å²) in [5.41, 5.74) is 2.74. The Kier molecular flexibility index (Phi) is 6.34. The van der Waals surface area contributed by atoms with Crippen LogP contribution in [-0.2, 0) is 10.0 Å². The first-order valence-corrected chi connectivity index (χ1v) is 11.5. The lowest BCUT2D eigenvalue weighted by Gasteiger charge is -2.25. The fourth-order valence-electron chi connectivity index (χ4n) is 3.11. The third-order valence-corrected chi connectivity index (χ3v) is 7.53. The molecule has 0 amide bonds. The number of rotatable bonds is 6. The van der Waals surface area contributed by atoms with Crippen molar-refractivity contribution in [3.8, 4) is 0 Å². The lowest BCUT2D eigenvalue weighted by Crippen LogP contribution is -2.35. The van der Waals surface area contributed by atoms with E-state index in [2.05, 4.69) is 4.98 Å². The van der Waals surface area contributed by atoms with E-state index in [1.165, 1.54) is 22.3 Å². The molecular weight excluding hydrogens is 380 g/mol. The Labute approximate surface area is 165 Å². The number of aryl methyl sites for hydroxylation is 2. The van der Waals surface area contributed by atoms with Crippen LogP contribution in [0.25, 0.3) is 0 Å². The van der Waals surface area contributed by atoms with E-state index in [0.29, 0.717) is 18.1 Å². The van der Waals surface area contributed by atoms with Crippen LogP contribution in [0.1, 0.15) is 40.7 Å². The fraction of sp³-hybridized carbons (Fsp3) is 0.400. The summed E-state index contributed by atoms with van der Waals surface area (Å²) in [4.78, 5) is 16.9. The molecule has 0 N–H and O–H groups in total. The maximum Gasteiger partial charge on any atom is 0.244 e. The minimum absolute atomic E-state index is 0.0491. The number of carbonyl (C=O) groups excluding carboxylic acids is 1. The molecule has 0 bridgehead atoms. The number of Topliss-reactive ketones (excluding diaryl/α,β-unsaturated/α-hetero) is 1. The molecule has 1 aromatic carbocycles. The molecule has 1 aliphatic rings. The summed E-state index contributed by atoms with van der Waals surface area (Å²) in [6.45, 7) is 5.04. The first-order chi connectivity index (χ1) is 12.9. The van der Waals surface area contributed by atoms with E-state index in [1.54, 1.807) is 12.1 Å². The van der Waals surface area contributed by atoms with Gasteiger partial charge in [-0.05, 0) is 50.5 Å². The second-order valence-corrected chi connectivity index (χ2v) is 9.76. The van der Waals surface area contributed by atoms with Crippen LogP contribution in [0.2, 0.25) is 0 Å². The van der Waals surface area contributed by atoms with Gasteiger partial charge in [-0.2, -0.15) is 4.31 Å². The molecule has 144 valence electrons. The molecule has 27 heavy (non-hydrogen) atoms. The molecule has 2 heterocycles. The summed E-state index contributed by atoms with van der Waals surface area (Å²) in [5.74, 6) is 0.322. The zero-order valence-electron chi connectivity index (χ0n) is 15.6. The average molecular weight is 405 g/mol. The Balaban J connectivity index is 1.65. The normalized spacial score (nSPS) is 15.6. The number of ketones is 1. The summed E-state index contributed by atoms with van der Waals surface area (Å²) in [6.07, 6.45) is 4.28. The topological polar surface area (TPSA) is 67.3 Å². The van der Waals surface area contributed by atoms with E-state index in [0.717, 1.165) is 36.0 Å². The van der Waals surface area contributed by atoms with Gasteiger partial charge >= 0.3 is 0 Å². The quantitative estimate of drug-likeness (QED) is 0.540. The van der Waals surface area contributed by atoms with Crippen LogP contribution in [-0.4, -0.2) is 42.3 Å². The number of carbonyl (C=O) groups is 1. The number of aromatic nitrogens is 1. The minimum Gasteiger partial charge on any atom is -0.293 e. The second kappa shape index (κ2) is 8.54. The van der Waals surface area contributed by atoms with Crippen LogP contribution in [0.5, 0.6) is 0 Å². The zero-order valence-corrected chi connectivity index (χ0v) is 17.3. The van der Waals surface area contributed by atoms with Crippen molar-refractivity contribution in [2.75, 3.05) is 18.8 Å². The number of thioether (sulfide) groups is 1. The number of hydrogen-bond acceptors (Lipinski definition) is 5. The number of nitrogens with zero attached hydrogens (tertiary/aromatic N) is 2. The van der Waals surface area contributed by atoms with E-state index >= 15 is 0 Å². The SMILES string of the molecule is Cc1ccc(C)c(C(=O)CSc2ccc(S(=O)(=O)N3CCCCC3)cn2)c1. The molecule has 1 aliphatic heterocycles. The van der Waals surface area contributed by atoms with E-state index in [4.69, 9.17) is 0 Å². The largest absolute Gasteiger partial charge is 0.293 e. The van der Waals surface area contributed by atoms with E-state index in [-0.39, 0.29) is 16.4 Å². The highest BCUT2D eigenvalue weighted by Crippen LogP contribution is 2.23. The fourth-order valence-corrected chi connectivity index (χ4v) is 5.30. The van der Waals surface area contributed by atoms with Gasteiger partial charge in [0.1, 0.15) is 4.90 Å². The van der Waals surface area contributed by atoms with Gasteiger partial charge in [-0.3, -0.25) is 4.79 Å². The molecule has 1 fully saturated rings. The molecule has 0 atom stereocenters. The first kappa shape index (κ1) is 20.0. The molecule has 1 saturated heterocycles. The van der Waals surface area contributed by atoms with Crippen LogP contribution >= 0.6 is 11.8 Å². The Morgan fingerprint density at radius 2 is 1.85 bits per heavy atom. The van der Waals surface area contributed by atoms with Crippen LogP contribution in [0.4, 0.5) is 0 Å². The van der Waals surface area contributed by atoms with Gasteiger partial charge in [-0.15, -0.1) is 0 Å². The maximum absolute atomic E-state index is 12.6. The van der Waals surface area contributed by atoms with Crippen molar-refractivity contribution in [1.82, 2.24) is 9.29 Å². The first-order valence-electron chi connectivity index (χ1n) is 9.07. The van der Waals surface area contributed by atoms with Crippen molar-refractivity contribution in [2.45, 2.75) is 43.0 Å². The van der Waals surface area contributed by atoms with Crippen LogP contribution in [0, 0.1) is 13.8 Å². The van der Waals surface area contributed by atoms with Gasteiger partial charge in [-0.1, -0.05) is 35.9 Å². The molecule has 0 radical (unpaired) electrons. The number of hydrogen-bond donors (Lipinski definition) is 0. The molecule has 0 spiro atoms. The highest BCUT2D eigenvalue weighted by atomic mass is 32.2. The van der Waals surface area contributed by atoms with E-state index in [9.17, 15) is 13.2 Å². The summed E-state index contributed by atoms with van der Waals surface area (Å²) in [7, 11) is -3.47. The number of benzene rings is 1. The minimum atomic E-state index is -3.47. The monoisotopic (exact) mass is 404 g/mol. The van der Waals surface area contributed by atoms with E-state index < -0.39 is 10.0 Å². The van der Waals surface area contributed by atoms with Crippen LogP contribution in [0.3, 0.4) is 0 Å². The van der Waals surface area contributed by atoms with Gasteiger partial charge in [0.25, 0.3) is 0 Å². The smallest absolute Gasteiger partial charge is 0.244 e. The zero-order chi connectivity index (χ0) is 19.4. The Hall–Kier alpha value is -1.70. The van der Waals surface area contributed by atoms with Crippen molar-refractivity contribution in [2.24, 2.45) is 0 Å². The Morgan fingerprint density at radius 3 is 2.52 bits per heavy atom. The molecule has 2 aromatic rings. The lowest BCUT2D eigenvalue weighted by molar-refractivity contribution is 0.102. The highest BCUT2D eigenvalue weighted by Gasteiger charge is 2.26. The average Bonchev–Trinajstić information content (AvgIpc) is 2.69. The number of pyridine rings is 1. The predicted octanol–water partition coefficient (Wildman–Crippen LogP) is 3.85. The number of sulfonamides is 1. The van der Waals surface area contributed by atoms with Gasteiger partial charge in [0.15, 0.2) is 5.78 Å². The summed E-state index contributed by atoms with van der Waals surface area (Å²) in [6, 6.07) is 9.10. The molecule has 0 unspecified atom stereocenters. The summed E-state index contributed by atoms with van der Waals surface area (Å²) in [5, 5.41) is 0.645. The van der Waals surface area contributed by atoms with Gasteiger partial charge in [0, 0.05) is 24.8 Å².